The molecule has 0 aliphatic rings. The van der Waals surface area contributed by atoms with Crippen molar-refractivity contribution in [3.05, 3.63) is 96.4 Å². The van der Waals surface area contributed by atoms with Gasteiger partial charge in [0.05, 0.1) is 18.2 Å². The van der Waals surface area contributed by atoms with Crippen molar-refractivity contribution in [1.82, 2.24) is 14.5 Å². The zero-order chi connectivity index (χ0) is 22.1. The monoisotopic (exact) mass is 420 g/mol. The molecule has 0 saturated heterocycles. The maximum Gasteiger partial charge on any atom is 0.150 e. The van der Waals surface area contributed by atoms with Crippen molar-refractivity contribution in [2.75, 3.05) is 12.4 Å². The van der Waals surface area contributed by atoms with E-state index >= 15 is 0 Å². The number of hydrogen-bond donors (Lipinski definition) is 1. The molecule has 0 radical (unpaired) electrons. The second kappa shape index (κ2) is 8.19. The zero-order valence-electron chi connectivity index (χ0n) is 18.3. The highest BCUT2D eigenvalue weighted by Crippen LogP contribution is 2.37. The highest BCUT2D eigenvalue weighted by Gasteiger charge is 2.18. The van der Waals surface area contributed by atoms with Crippen LogP contribution in [0.15, 0.2) is 85.3 Å². The molecule has 5 aromatic rings. The van der Waals surface area contributed by atoms with Gasteiger partial charge in [0.15, 0.2) is 5.65 Å². The van der Waals surface area contributed by atoms with Crippen LogP contribution in [0.4, 0.5) is 11.5 Å². The number of methoxy groups -OCH3 is 1. The lowest BCUT2D eigenvalue weighted by molar-refractivity contribution is 0.416. The molecule has 0 atom stereocenters. The average Bonchev–Trinajstić information content (AvgIpc) is 3.21. The Labute approximate surface area is 187 Å². The summed E-state index contributed by atoms with van der Waals surface area (Å²) in [6.45, 7) is 4.15. The first kappa shape index (κ1) is 19.8. The standard InChI is InChI=1S/C27H24N4O/c1-18-9-12-21(13-10-18)31-16-22(20-7-5-4-6-8-20)25-26(28-17-29-27(25)31)30-23-15-19(2)11-14-24(23)32-3/h4-17H,1-3H3,(H,28,29,30). The summed E-state index contributed by atoms with van der Waals surface area (Å²) >= 11 is 0. The fourth-order valence-corrected chi connectivity index (χ4v) is 3.94. The van der Waals surface area contributed by atoms with Gasteiger partial charge in [-0.3, -0.25) is 0 Å². The van der Waals surface area contributed by atoms with Gasteiger partial charge in [0.1, 0.15) is 17.9 Å². The SMILES string of the molecule is COc1ccc(C)cc1Nc1ncnc2c1c(-c1ccccc1)cn2-c1ccc(C)cc1. The average molecular weight is 421 g/mol. The van der Waals surface area contributed by atoms with Gasteiger partial charge in [-0.25, -0.2) is 9.97 Å². The smallest absolute Gasteiger partial charge is 0.150 e. The predicted molar refractivity (Wildman–Crippen MR) is 130 cm³/mol. The molecular weight excluding hydrogens is 396 g/mol. The molecular formula is C27H24N4O. The van der Waals surface area contributed by atoms with Gasteiger partial charge < -0.3 is 14.6 Å². The van der Waals surface area contributed by atoms with E-state index < -0.39 is 0 Å². The molecule has 158 valence electrons. The third kappa shape index (κ3) is 3.58. The highest BCUT2D eigenvalue weighted by molar-refractivity contribution is 6.03. The normalized spacial score (nSPS) is 11.0. The molecule has 5 heteroatoms. The van der Waals surface area contributed by atoms with E-state index in [0.29, 0.717) is 0 Å². The van der Waals surface area contributed by atoms with Crippen molar-refractivity contribution in [3.8, 4) is 22.6 Å². The third-order valence-electron chi connectivity index (χ3n) is 5.59. The van der Waals surface area contributed by atoms with E-state index in [4.69, 9.17) is 4.74 Å². The fraction of sp³-hybridized carbons (Fsp3) is 0.111. The van der Waals surface area contributed by atoms with Gasteiger partial charge in [-0.2, -0.15) is 0 Å². The first-order valence-electron chi connectivity index (χ1n) is 10.5. The molecule has 0 bridgehead atoms. The molecule has 3 aromatic carbocycles. The van der Waals surface area contributed by atoms with Gasteiger partial charge in [-0.1, -0.05) is 54.1 Å². The largest absolute Gasteiger partial charge is 0.495 e. The van der Waals surface area contributed by atoms with Gasteiger partial charge in [0, 0.05) is 17.4 Å². The lowest BCUT2D eigenvalue weighted by Crippen LogP contribution is -2.00. The lowest BCUT2D eigenvalue weighted by Gasteiger charge is -2.13. The summed E-state index contributed by atoms with van der Waals surface area (Å²) in [7, 11) is 1.68. The molecule has 0 fully saturated rings. The van der Waals surface area contributed by atoms with Crippen molar-refractivity contribution >= 4 is 22.5 Å². The maximum absolute atomic E-state index is 5.57. The maximum atomic E-state index is 5.57. The van der Waals surface area contributed by atoms with E-state index in [2.05, 4.69) is 82.4 Å². The number of hydrogen-bond acceptors (Lipinski definition) is 4. The van der Waals surface area contributed by atoms with Gasteiger partial charge in [-0.05, 0) is 49.2 Å². The van der Waals surface area contributed by atoms with Crippen LogP contribution < -0.4 is 10.1 Å². The Bertz CT molecular complexity index is 1390. The van der Waals surface area contributed by atoms with Crippen LogP contribution in [-0.4, -0.2) is 21.6 Å². The molecule has 0 aliphatic heterocycles. The van der Waals surface area contributed by atoms with Crippen molar-refractivity contribution in [1.29, 1.82) is 0 Å². The fourth-order valence-electron chi connectivity index (χ4n) is 3.94. The van der Waals surface area contributed by atoms with Crippen LogP contribution >= 0.6 is 0 Å². The van der Waals surface area contributed by atoms with Crippen LogP contribution in [0.1, 0.15) is 11.1 Å². The Morgan fingerprint density at radius 3 is 2.34 bits per heavy atom. The number of nitrogens with zero attached hydrogens (tertiary/aromatic N) is 3. The Hall–Kier alpha value is -4.12. The first-order chi connectivity index (χ1) is 15.6. The van der Waals surface area contributed by atoms with Crippen LogP contribution in [0.2, 0.25) is 0 Å². The Morgan fingerprint density at radius 1 is 0.844 bits per heavy atom. The number of aryl methyl sites for hydroxylation is 2. The van der Waals surface area contributed by atoms with Crippen LogP contribution in [0.25, 0.3) is 27.8 Å². The van der Waals surface area contributed by atoms with Gasteiger partial charge in [0.2, 0.25) is 0 Å². The number of aromatic nitrogens is 3. The molecule has 1 N–H and O–H groups in total. The summed E-state index contributed by atoms with van der Waals surface area (Å²) in [6, 6.07) is 24.8. The summed E-state index contributed by atoms with van der Waals surface area (Å²) in [5.74, 6) is 1.50. The topological polar surface area (TPSA) is 52.0 Å². The summed E-state index contributed by atoms with van der Waals surface area (Å²) in [5, 5.41) is 4.46. The van der Waals surface area contributed by atoms with E-state index in [9.17, 15) is 0 Å². The number of rotatable bonds is 5. The minimum absolute atomic E-state index is 0.739. The van der Waals surface area contributed by atoms with Crippen molar-refractivity contribution in [2.45, 2.75) is 13.8 Å². The Morgan fingerprint density at radius 2 is 1.59 bits per heavy atom. The van der Waals surface area contributed by atoms with Gasteiger partial charge in [-0.15, -0.1) is 0 Å². The summed E-state index contributed by atoms with van der Waals surface area (Å²) in [6.07, 6.45) is 3.74. The number of fused-ring (bicyclic) bond motifs is 1. The molecule has 0 spiro atoms. The molecule has 32 heavy (non-hydrogen) atoms. The Kier molecular flexibility index (Phi) is 5.07. The first-order valence-corrected chi connectivity index (χ1v) is 10.5. The predicted octanol–water partition coefficient (Wildman–Crippen LogP) is 6.46. The van der Waals surface area contributed by atoms with Crippen molar-refractivity contribution < 1.29 is 4.74 Å². The molecule has 5 rings (SSSR count). The zero-order valence-corrected chi connectivity index (χ0v) is 18.3. The van der Waals surface area contributed by atoms with Gasteiger partial charge in [0.25, 0.3) is 0 Å². The van der Waals surface area contributed by atoms with E-state index in [1.165, 1.54) is 5.56 Å². The van der Waals surface area contributed by atoms with Gasteiger partial charge >= 0.3 is 0 Å². The minimum Gasteiger partial charge on any atom is -0.495 e. The number of nitrogens with one attached hydrogen (secondary N) is 1. The third-order valence-corrected chi connectivity index (χ3v) is 5.59. The second-order valence-corrected chi connectivity index (χ2v) is 7.86. The number of ether oxygens (including phenoxy) is 1. The number of anilines is 2. The molecule has 2 aromatic heterocycles. The molecule has 0 unspecified atom stereocenters. The van der Waals surface area contributed by atoms with Crippen LogP contribution in [0, 0.1) is 13.8 Å². The summed E-state index contributed by atoms with van der Waals surface area (Å²) < 4.78 is 7.70. The minimum atomic E-state index is 0.739. The van der Waals surface area contributed by atoms with E-state index in [1.807, 2.05) is 30.3 Å². The van der Waals surface area contributed by atoms with E-state index in [0.717, 1.165) is 50.7 Å². The summed E-state index contributed by atoms with van der Waals surface area (Å²) in [5.41, 5.74) is 7.30. The molecule has 0 aliphatic carbocycles. The highest BCUT2D eigenvalue weighted by atomic mass is 16.5. The van der Waals surface area contributed by atoms with Crippen molar-refractivity contribution in [2.24, 2.45) is 0 Å². The Balaban J connectivity index is 1.75. The molecule has 2 heterocycles. The van der Waals surface area contributed by atoms with Crippen LogP contribution in [-0.2, 0) is 0 Å². The number of benzene rings is 3. The quantitative estimate of drug-likeness (QED) is 0.355. The molecule has 5 nitrogen and oxygen atoms in total. The molecule has 0 saturated carbocycles. The summed E-state index contributed by atoms with van der Waals surface area (Å²) in [4.78, 5) is 9.29. The molecule has 0 amide bonds. The van der Waals surface area contributed by atoms with E-state index in [-0.39, 0.29) is 0 Å². The van der Waals surface area contributed by atoms with Crippen LogP contribution in [0.5, 0.6) is 5.75 Å². The lowest BCUT2D eigenvalue weighted by atomic mass is 10.1. The second-order valence-electron chi connectivity index (χ2n) is 7.86. The van der Waals surface area contributed by atoms with Crippen LogP contribution in [0.3, 0.4) is 0 Å². The van der Waals surface area contributed by atoms with Crippen molar-refractivity contribution in [3.63, 3.8) is 0 Å². The van der Waals surface area contributed by atoms with E-state index in [1.54, 1.807) is 13.4 Å².